The highest BCUT2D eigenvalue weighted by Gasteiger charge is 2.06. The van der Waals surface area contributed by atoms with E-state index in [4.69, 9.17) is 4.74 Å². The number of ether oxygens (including phenoxy) is 1. The fourth-order valence-electron chi connectivity index (χ4n) is 2.23. The van der Waals surface area contributed by atoms with E-state index in [-0.39, 0.29) is 0 Å². The molecule has 0 amide bonds. The van der Waals surface area contributed by atoms with E-state index >= 15 is 0 Å². The number of aromatic nitrogens is 3. The summed E-state index contributed by atoms with van der Waals surface area (Å²) >= 11 is 0. The number of nitrogens with one attached hydrogen (secondary N) is 2. The van der Waals surface area contributed by atoms with Crippen LogP contribution in [-0.2, 0) is 6.42 Å². The van der Waals surface area contributed by atoms with Crippen molar-refractivity contribution in [1.29, 1.82) is 0 Å². The fourth-order valence-corrected chi connectivity index (χ4v) is 2.23. The molecule has 0 aliphatic rings. The normalized spacial score (nSPS) is 10.7. The number of imidazole rings is 1. The summed E-state index contributed by atoms with van der Waals surface area (Å²) in [5.41, 5.74) is 0. The van der Waals surface area contributed by atoms with E-state index < -0.39 is 0 Å². The van der Waals surface area contributed by atoms with Crippen molar-refractivity contribution in [3.63, 3.8) is 0 Å². The summed E-state index contributed by atoms with van der Waals surface area (Å²) in [6.45, 7) is 0.775. The van der Waals surface area contributed by atoms with Crippen molar-refractivity contribution < 1.29 is 4.74 Å². The summed E-state index contributed by atoms with van der Waals surface area (Å²) < 4.78 is 5.38. The van der Waals surface area contributed by atoms with Crippen LogP contribution >= 0.6 is 0 Å². The number of anilines is 1. The molecule has 2 heterocycles. The number of hydrogen-bond acceptors (Lipinski definition) is 4. The second kappa shape index (κ2) is 5.61. The van der Waals surface area contributed by atoms with Gasteiger partial charge in [0, 0.05) is 42.3 Å². The molecule has 0 bridgehead atoms. The van der Waals surface area contributed by atoms with Crippen molar-refractivity contribution in [2.45, 2.75) is 6.42 Å². The van der Waals surface area contributed by atoms with E-state index in [1.165, 1.54) is 0 Å². The summed E-state index contributed by atoms with van der Waals surface area (Å²) in [5.74, 6) is 2.70. The molecule has 5 nitrogen and oxygen atoms in total. The number of rotatable bonds is 5. The van der Waals surface area contributed by atoms with Crippen LogP contribution < -0.4 is 10.1 Å². The molecule has 2 aromatic heterocycles. The lowest BCUT2D eigenvalue weighted by Gasteiger charge is -2.10. The zero-order valence-corrected chi connectivity index (χ0v) is 11.3. The van der Waals surface area contributed by atoms with Gasteiger partial charge >= 0.3 is 0 Å². The maximum absolute atomic E-state index is 5.38. The lowest BCUT2D eigenvalue weighted by atomic mass is 10.1. The van der Waals surface area contributed by atoms with E-state index in [0.29, 0.717) is 0 Å². The molecule has 0 aliphatic carbocycles. The summed E-state index contributed by atoms with van der Waals surface area (Å²) in [7, 11) is 1.68. The summed E-state index contributed by atoms with van der Waals surface area (Å²) in [6, 6.07) is 7.93. The number of nitrogens with zero attached hydrogens (tertiary/aromatic N) is 2. The molecule has 20 heavy (non-hydrogen) atoms. The van der Waals surface area contributed by atoms with Gasteiger partial charge in [0.2, 0.25) is 0 Å². The van der Waals surface area contributed by atoms with Gasteiger partial charge in [0.05, 0.1) is 7.11 Å². The van der Waals surface area contributed by atoms with E-state index in [2.05, 4.69) is 20.3 Å². The van der Waals surface area contributed by atoms with Crippen LogP contribution in [0, 0.1) is 0 Å². The Morgan fingerprint density at radius 2 is 2.10 bits per heavy atom. The van der Waals surface area contributed by atoms with Crippen molar-refractivity contribution in [2.75, 3.05) is 19.0 Å². The van der Waals surface area contributed by atoms with Gasteiger partial charge in [-0.2, -0.15) is 0 Å². The minimum atomic E-state index is 0.775. The number of pyridine rings is 1. The SMILES string of the molecule is COc1cccc2c(NCCc3ncc[nH]3)nccc12. The molecule has 0 radical (unpaired) electrons. The van der Waals surface area contributed by atoms with Gasteiger partial charge in [0.15, 0.2) is 0 Å². The maximum Gasteiger partial charge on any atom is 0.133 e. The van der Waals surface area contributed by atoms with Gasteiger partial charge in [-0.1, -0.05) is 12.1 Å². The Labute approximate surface area is 117 Å². The first kappa shape index (κ1) is 12.5. The van der Waals surface area contributed by atoms with Gasteiger partial charge < -0.3 is 15.0 Å². The van der Waals surface area contributed by atoms with Crippen molar-refractivity contribution in [3.05, 3.63) is 48.7 Å². The molecule has 5 heteroatoms. The number of methoxy groups -OCH3 is 1. The summed E-state index contributed by atoms with van der Waals surface area (Å²) in [4.78, 5) is 11.7. The van der Waals surface area contributed by atoms with Crippen LogP contribution in [0.15, 0.2) is 42.9 Å². The zero-order valence-electron chi connectivity index (χ0n) is 11.3. The van der Waals surface area contributed by atoms with Crippen molar-refractivity contribution in [2.24, 2.45) is 0 Å². The minimum Gasteiger partial charge on any atom is -0.496 e. The molecular weight excluding hydrogens is 252 g/mol. The van der Waals surface area contributed by atoms with Gasteiger partial charge in [-0.05, 0) is 12.1 Å². The molecule has 3 rings (SSSR count). The molecule has 2 N–H and O–H groups in total. The largest absolute Gasteiger partial charge is 0.496 e. The van der Waals surface area contributed by atoms with Gasteiger partial charge in [-0.15, -0.1) is 0 Å². The Balaban J connectivity index is 1.81. The lowest BCUT2D eigenvalue weighted by Crippen LogP contribution is -2.07. The number of aromatic amines is 1. The van der Waals surface area contributed by atoms with Crippen LogP contribution in [-0.4, -0.2) is 28.6 Å². The van der Waals surface area contributed by atoms with Crippen LogP contribution in [0.2, 0.25) is 0 Å². The first-order valence-corrected chi connectivity index (χ1v) is 6.52. The predicted octanol–water partition coefficient (Wildman–Crippen LogP) is 2.62. The van der Waals surface area contributed by atoms with Crippen LogP contribution in [0.4, 0.5) is 5.82 Å². The van der Waals surface area contributed by atoms with E-state index in [1.807, 2.05) is 30.5 Å². The molecular formula is C15H16N4O. The molecule has 0 saturated carbocycles. The quantitative estimate of drug-likeness (QED) is 0.746. The summed E-state index contributed by atoms with van der Waals surface area (Å²) in [6.07, 6.45) is 6.21. The monoisotopic (exact) mass is 268 g/mol. The number of H-pyrrole nitrogens is 1. The number of fused-ring (bicyclic) bond motifs is 1. The molecule has 0 aliphatic heterocycles. The van der Waals surface area contributed by atoms with E-state index in [9.17, 15) is 0 Å². The van der Waals surface area contributed by atoms with Crippen LogP contribution in [0.25, 0.3) is 10.8 Å². The Bertz CT molecular complexity index is 694. The highest BCUT2D eigenvalue weighted by atomic mass is 16.5. The minimum absolute atomic E-state index is 0.775. The highest BCUT2D eigenvalue weighted by molar-refractivity contribution is 5.95. The van der Waals surface area contributed by atoms with E-state index in [1.54, 1.807) is 19.5 Å². The molecule has 0 atom stereocenters. The molecule has 0 saturated heterocycles. The Kier molecular flexibility index (Phi) is 3.50. The zero-order chi connectivity index (χ0) is 13.8. The second-order valence-electron chi connectivity index (χ2n) is 4.43. The van der Waals surface area contributed by atoms with Gasteiger partial charge in [-0.25, -0.2) is 9.97 Å². The second-order valence-corrected chi connectivity index (χ2v) is 4.43. The van der Waals surface area contributed by atoms with Gasteiger partial charge in [0.25, 0.3) is 0 Å². The van der Waals surface area contributed by atoms with E-state index in [0.717, 1.165) is 41.1 Å². The number of hydrogen-bond donors (Lipinski definition) is 2. The smallest absolute Gasteiger partial charge is 0.133 e. The topological polar surface area (TPSA) is 62.8 Å². The first-order valence-electron chi connectivity index (χ1n) is 6.52. The van der Waals surface area contributed by atoms with Crippen molar-refractivity contribution in [1.82, 2.24) is 15.0 Å². The molecule has 3 aromatic rings. The van der Waals surface area contributed by atoms with Crippen molar-refractivity contribution in [3.8, 4) is 5.75 Å². The lowest BCUT2D eigenvalue weighted by molar-refractivity contribution is 0.420. The summed E-state index contributed by atoms with van der Waals surface area (Å²) in [5, 5.41) is 5.47. The fraction of sp³-hybridized carbons (Fsp3) is 0.200. The van der Waals surface area contributed by atoms with Crippen LogP contribution in [0.5, 0.6) is 5.75 Å². The average Bonchev–Trinajstić information content (AvgIpc) is 3.00. The maximum atomic E-state index is 5.38. The molecule has 0 fully saturated rings. The van der Waals surface area contributed by atoms with Crippen LogP contribution in [0.3, 0.4) is 0 Å². The highest BCUT2D eigenvalue weighted by Crippen LogP contribution is 2.28. The molecule has 102 valence electrons. The van der Waals surface area contributed by atoms with Crippen molar-refractivity contribution >= 4 is 16.6 Å². The third kappa shape index (κ3) is 2.42. The molecule has 1 aromatic carbocycles. The number of benzene rings is 1. The Morgan fingerprint density at radius 3 is 2.90 bits per heavy atom. The van der Waals surface area contributed by atoms with Crippen LogP contribution in [0.1, 0.15) is 5.82 Å². The third-order valence-electron chi connectivity index (χ3n) is 3.20. The Morgan fingerprint density at radius 1 is 1.15 bits per heavy atom. The predicted molar refractivity (Wildman–Crippen MR) is 79.1 cm³/mol. The third-order valence-corrected chi connectivity index (χ3v) is 3.20. The van der Waals surface area contributed by atoms with Gasteiger partial charge in [0.1, 0.15) is 17.4 Å². The van der Waals surface area contributed by atoms with Gasteiger partial charge in [-0.3, -0.25) is 0 Å². The average molecular weight is 268 g/mol. The first-order chi connectivity index (χ1) is 9.88. The molecule has 0 spiro atoms. The Hall–Kier alpha value is -2.56. The molecule has 0 unspecified atom stereocenters. The standard InChI is InChI=1S/C15H16N4O/c1-20-13-4-2-3-12-11(13)5-7-18-15(12)19-8-6-14-16-9-10-17-14/h2-5,7,9-10H,6,8H2,1H3,(H,16,17)(H,18,19).